The number of rotatable bonds is 9. The number of anilines is 1. The third-order valence-electron chi connectivity index (χ3n) is 7.43. The van der Waals surface area contributed by atoms with E-state index in [0.29, 0.717) is 19.8 Å². The van der Waals surface area contributed by atoms with E-state index in [1.54, 1.807) is 6.92 Å². The van der Waals surface area contributed by atoms with Crippen molar-refractivity contribution in [1.82, 2.24) is 9.88 Å². The first kappa shape index (κ1) is 23.6. The van der Waals surface area contributed by atoms with Crippen LogP contribution < -0.4 is 10.1 Å². The Morgan fingerprint density at radius 3 is 3.03 bits per heavy atom. The second-order valence-electron chi connectivity index (χ2n) is 9.74. The van der Waals surface area contributed by atoms with Crippen molar-refractivity contribution in [2.24, 2.45) is 5.92 Å². The molecular formula is C28H35N3O4. The molecule has 1 amide bonds. The fraction of sp³-hybridized carbons (Fsp3) is 0.536. The van der Waals surface area contributed by atoms with E-state index in [2.05, 4.69) is 23.5 Å². The average Bonchev–Trinajstić information content (AvgIpc) is 3.49. The molecule has 3 aliphatic rings. The highest BCUT2D eigenvalue weighted by atomic mass is 16.5. The lowest BCUT2D eigenvalue weighted by molar-refractivity contribution is -0.145. The van der Waals surface area contributed by atoms with Gasteiger partial charge in [-0.25, -0.2) is 4.98 Å². The molecule has 0 saturated carbocycles. The summed E-state index contributed by atoms with van der Waals surface area (Å²) in [6.07, 6.45) is 6.75. The monoisotopic (exact) mass is 477 g/mol. The second-order valence-corrected chi connectivity index (χ2v) is 9.74. The molecule has 1 aromatic heterocycles. The van der Waals surface area contributed by atoms with Crippen LogP contribution in [0.5, 0.6) is 5.75 Å². The number of aryl methyl sites for hydroxylation is 2. The largest absolute Gasteiger partial charge is 0.493 e. The molecule has 1 saturated heterocycles. The molecule has 7 nitrogen and oxygen atoms in total. The summed E-state index contributed by atoms with van der Waals surface area (Å²) >= 11 is 0. The van der Waals surface area contributed by atoms with Gasteiger partial charge in [0.1, 0.15) is 11.6 Å². The van der Waals surface area contributed by atoms with Crippen LogP contribution in [0.3, 0.4) is 0 Å². The Morgan fingerprint density at radius 2 is 2.14 bits per heavy atom. The molecule has 0 aliphatic carbocycles. The molecule has 2 aromatic rings. The molecule has 1 unspecified atom stereocenters. The lowest BCUT2D eigenvalue weighted by Crippen LogP contribution is -2.33. The van der Waals surface area contributed by atoms with Gasteiger partial charge < -0.3 is 19.7 Å². The smallest absolute Gasteiger partial charge is 0.308 e. The summed E-state index contributed by atoms with van der Waals surface area (Å²) in [6, 6.07) is 10.1. The number of carbonyl (C=O) groups is 2. The zero-order chi connectivity index (χ0) is 24.2. The molecule has 0 bridgehead atoms. The fourth-order valence-electron chi connectivity index (χ4n) is 5.55. The number of carbonyl (C=O) groups excluding carboxylic acids is 2. The van der Waals surface area contributed by atoms with Crippen LogP contribution in [0.15, 0.2) is 30.3 Å². The number of nitrogens with zero attached hydrogens (tertiary/aromatic N) is 2. The molecule has 1 fully saturated rings. The summed E-state index contributed by atoms with van der Waals surface area (Å²) in [6.45, 7) is 4.47. The molecule has 0 radical (unpaired) electrons. The van der Waals surface area contributed by atoms with E-state index < -0.39 is 0 Å². The molecule has 5 rings (SSSR count). The van der Waals surface area contributed by atoms with Gasteiger partial charge in [0.2, 0.25) is 5.91 Å². The van der Waals surface area contributed by atoms with Crippen molar-refractivity contribution in [1.29, 1.82) is 0 Å². The third-order valence-corrected chi connectivity index (χ3v) is 7.43. The Kier molecular flexibility index (Phi) is 7.21. The highest BCUT2D eigenvalue weighted by Gasteiger charge is 2.37. The average molecular weight is 478 g/mol. The Morgan fingerprint density at radius 1 is 1.26 bits per heavy atom. The predicted molar refractivity (Wildman–Crippen MR) is 133 cm³/mol. The quantitative estimate of drug-likeness (QED) is 0.544. The Bertz CT molecular complexity index is 1090. The van der Waals surface area contributed by atoms with Gasteiger partial charge in [-0.2, -0.15) is 0 Å². The second kappa shape index (κ2) is 10.7. The first-order chi connectivity index (χ1) is 17.1. The molecule has 186 valence electrons. The van der Waals surface area contributed by atoms with Crippen molar-refractivity contribution >= 4 is 17.7 Å². The summed E-state index contributed by atoms with van der Waals surface area (Å²) in [7, 11) is 0. The van der Waals surface area contributed by atoms with Crippen molar-refractivity contribution in [3.63, 3.8) is 0 Å². The fourth-order valence-corrected chi connectivity index (χ4v) is 5.55. The maximum absolute atomic E-state index is 13.4. The van der Waals surface area contributed by atoms with Gasteiger partial charge in [-0.15, -0.1) is 0 Å². The summed E-state index contributed by atoms with van der Waals surface area (Å²) in [5, 5.41) is 3.40. The maximum Gasteiger partial charge on any atom is 0.308 e. The van der Waals surface area contributed by atoms with Gasteiger partial charge in [0.15, 0.2) is 0 Å². The van der Waals surface area contributed by atoms with Crippen molar-refractivity contribution in [3.8, 4) is 5.75 Å². The Balaban J connectivity index is 1.23. The minimum atomic E-state index is -0.325. The van der Waals surface area contributed by atoms with E-state index >= 15 is 0 Å². The Hall–Kier alpha value is -3.09. The first-order valence-electron chi connectivity index (χ1n) is 13.1. The number of hydrogen-bond acceptors (Lipinski definition) is 6. The molecule has 7 heteroatoms. The first-order valence-corrected chi connectivity index (χ1v) is 13.1. The minimum Gasteiger partial charge on any atom is -0.493 e. The highest BCUT2D eigenvalue weighted by molar-refractivity contribution is 5.82. The molecule has 4 heterocycles. The van der Waals surface area contributed by atoms with Crippen LogP contribution in [-0.2, 0) is 33.6 Å². The van der Waals surface area contributed by atoms with Crippen molar-refractivity contribution in [2.45, 2.75) is 64.3 Å². The molecule has 1 aromatic carbocycles. The van der Waals surface area contributed by atoms with Crippen LogP contribution >= 0.6 is 0 Å². The van der Waals surface area contributed by atoms with Crippen LogP contribution in [0.25, 0.3) is 0 Å². The summed E-state index contributed by atoms with van der Waals surface area (Å²) in [4.78, 5) is 32.6. The number of nitrogens with one attached hydrogen (secondary N) is 1. The normalized spacial score (nSPS) is 19.5. The molecule has 35 heavy (non-hydrogen) atoms. The standard InChI is InChI=1S/C28H35N3O4/c1-2-34-26(32)18-24(22-9-8-19-13-16-35-25(19)17-22)31-15-12-21(28(31)33)5-3-7-23-11-10-20-6-4-14-29-27(20)30-23/h8-11,17,21,24H,2-7,12-16,18H2,1H3,(H,29,30)/t21?,24-/m0/s1. The van der Waals surface area contributed by atoms with Crippen LogP contribution in [0, 0.1) is 5.92 Å². The molecule has 0 spiro atoms. The zero-order valence-electron chi connectivity index (χ0n) is 20.6. The van der Waals surface area contributed by atoms with Gasteiger partial charge in [0.25, 0.3) is 0 Å². The number of aromatic nitrogens is 1. The summed E-state index contributed by atoms with van der Waals surface area (Å²) < 4.78 is 11.0. The SMILES string of the molecule is CCOC(=O)C[C@@H](c1ccc2c(c1)OCC2)N1CCC(CCCc2ccc3c(n2)NCCC3)C1=O. The third kappa shape index (κ3) is 5.29. The van der Waals surface area contributed by atoms with Gasteiger partial charge in [0, 0.05) is 31.1 Å². The lowest BCUT2D eigenvalue weighted by Gasteiger charge is -2.28. The van der Waals surface area contributed by atoms with Gasteiger partial charge in [-0.1, -0.05) is 18.2 Å². The van der Waals surface area contributed by atoms with Gasteiger partial charge in [-0.05, 0) is 74.3 Å². The van der Waals surface area contributed by atoms with E-state index in [0.717, 1.165) is 74.3 Å². The van der Waals surface area contributed by atoms with Gasteiger partial charge >= 0.3 is 5.97 Å². The van der Waals surface area contributed by atoms with E-state index in [4.69, 9.17) is 14.5 Å². The van der Waals surface area contributed by atoms with E-state index in [-0.39, 0.29) is 30.3 Å². The number of esters is 1. The van der Waals surface area contributed by atoms with Crippen molar-refractivity contribution in [2.75, 3.05) is 31.6 Å². The van der Waals surface area contributed by atoms with E-state index in [9.17, 15) is 9.59 Å². The molecule has 1 N–H and O–H groups in total. The summed E-state index contributed by atoms with van der Waals surface area (Å²) in [5.41, 5.74) is 4.50. The van der Waals surface area contributed by atoms with Gasteiger partial charge in [-0.3, -0.25) is 9.59 Å². The number of ether oxygens (including phenoxy) is 2. The van der Waals surface area contributed by atoms with E-state index in [1.807, 2.05) is 17.0 Å². The number of amides is 1. The minimum absolute atomic E-state index is 0.0128. The van der Waals surface area contributed by atoms with Crippen molar-refractivity contribution < 1.29 is 19.1 Å². The lowest BCUT2D eigenvalue weighted by atomic mass is 9.98. The number of likely N-dealkylation sites (tertiary alicyclic amines) is 1. The molecular weight excluding hydrogens is 442 g/mol. The summed E-state index contributed by atoms with van der Waals surface area (Å²) in [5.74, 6) is 1.74. The van der Waals surface area contributed by atoms with Gasteiger partial charge in [0.05, 0.1) is 25.7 Å². The number of fused-ring (bicyclic) bond motifs is 2. The molecule has 3 aliphatic heterocycles. The predicted octanol–water partition coefficient (Wildman–Crippen LogP) is 4.24. The number of pyridine rings is 1. The van der Waals surface area contributed by atoms with Crippen molar-refractivity contribution in [3.05, 3.63) is 52.7 Å². The number of hydrogen-bond donors (Lipinski definition) is 1. The van der Waals surface area contributed by atoms with Crippen LogP contribution in [0.1, 0.15) is 67.5 Å². The number of benzene rings is 1. The zero-order valence-corrected chi connectivity index (χ0v) is 20.6. The van der Waals surface area contributed by atoms with Crippen LogP contribution in [0.4, 0.5) is 5.82 Å². The topological polar surface area (TPSA) is 80.8 Å². The molecule has 2 atom stereocenters. The van der Waals surface area contributed by atoms with Crippen LogP contribution in [-0.4, -0.2) is 48.1 Å². The van der Waals surface area contributed by atoms with Crippen LogP contribution in [0.2, 0.25) is 0 Å². The van der Waals surface area contributed by atoms with E-state index in [1.165, 1.54) is 11.1 Å². The Labute approximate surface area is 207 Å². The highest BCUT2D eigenvalue weighted by Crippen LogP contribution is 2.37. The maximum atomic E-state index is 13.4.